The number of alkyl carbamates (subject to hydrolysis) is 1. The fourth-order valence-electron chi connectivity index (χ4n) is 4.06. The van der Waals surface area contributed by atoms with E-state index < -0.39 is 41.6 Å². The molecule has 0 spiro atoms. The predicted molar refractivity (Wildman–Crippen MR) is 122 cm³/mol. The molecule has 0 heterocycles. The fourth-order valence-corrected chi connectivity index (χ4v) is 4.06. The van der Waals surface area contributed by atoms with Gasteiger partial charge in [0.1, 0.15) is 12.6 Å². The highest BCUT2D eigenvalue weighted by Gasteiger charge is 2.59. The predicted octanol–water partition coefficient (Wildman–Crippen LogP) is 4.46. The van der Waals surface area contributed by atoms with Crippen LogP contribution in [0.3, 0.4) is 0 Å². The first-order valence-corrected chi connectivity index (χ1v) is 11.1. The highest BCUT2D eigenvalue weighted by atomic mass is 19.4. The quantitative estimate of drug-likeness (QED) is 0.505. The van der Waals surface area contributed by atoms with Crippen molar-refractivity contribution in [3.63, 3.8) is 0 Å². The molecule has 2 aromatic carbocycles. The number of amides is 2. The van der Waals surface area contributed by atoms with E-state index in [1.807, 2.05) is 53.8 Å². The van der Waals surface area contributed by atoms with Gasteiger partial charge in [-0.2, -0.15) is 13.2 Å². The SMILES string of the molecule is CCC(C)[C@H](NC(=O)C(C)(NC(=O)OCC1c2ccccc2-c2ccccc21)C(F)(F)F)C(=O)O. The van der Waals surface area contributed by atoms with Gasteiger partial charge in [0.25, 0.3) is 5.91 Å². The number of nitrogens with one attached hydrogen (secondary N) is 2. The molecule has 0 fully saturated rings. The topological polar surface area (TPSA) is 105 Å². The number of fused-ring (bicyclic) bond motifs is 3. The van der Waals surface area contributed by atoms with Crippen molar-refractivity contribution in [1.29, 1.82) is 0 Å². The molecule has 0 saturated carbocycles. The largest absolute Gasteiger partial charge is 0.480 e. The van der Waals surface area contributed by atoms with Crippen LogP contribution in [0.15, 0.2) is 48.5 Å². The molecule has 0 radical (unpaired) electrons. The van der Waals surface area contributed by atoms with Crippen molar-refractivity contribution in [3.8, 4) is 11.1 Å². The van der Waals surface area contributed by atoms with Crippen LogP contribution in [0.2, 0.25) is 0 Å². The van der Waals surface area contributed by atoms with Gasteiger partial charge in [0.05, 0.1) is 0 Å². The molecule has 2 aromatic rings. The van der Waals surface area contributed by atoms with Crippen LogP contribution >= 0.6 is 0 Å². The van der Waals surface area contributed by atoms with Crippen molar-refractivity contribution in [2.24, 2.45) is 5.92 Å². The number of hydrogen-bond donors (Lipinski definition) is 3. The molecule has 3 rings (SSSR count). The first-order valence-electron chi connectivity index (χ1n) is 11.1. The van der Waals surface area contributed by atoms with E-state index in [1.54, 1.807) is 12.2 Å². The lowest BCUT2D eigenvalue weighted by atomic mass is 9.95. The number of ether oxygens (including phenoxy) is 1. The number of carboxylic acids is 1. The summed E-state index contributed by atoms with van der Waals surface area (Å²) in [6.07, 6.45) is -6.36. The fraction of sp³-hybridized carbons (Fsp3) is 0.400. The first-order chi connectivity index (χ1) is 16.4. The van der Waals surface area contributed by atoms with Crippen molar-refractivity contribution >= 4 is 18.0 Å². The summed E-state index contributed by atoms with van der Waals surface area (Å²) in [4.78, 5) is 36.6. The van der Waals surface area contributed by atoms with Gasteiger partial charge in [0, 0.05) is 5.92 Å². The summed E-state index contributed by atoms with van der Waals surface area (Å²) >= 11 is 0. The monoisotopic (exact) mass is 492 g/mol. The maximum absolute atomic E-state index is 13.9. The summed E-state index contributed by atoms with van der Waals surface area (Å²) in [7, 11) is 0. The number of benzene rings is 2. The maximum atomic E-state index is 13.9. The Labute approximate surface area is 200 Å². The lowest BCUT2D eigenvalue weighted by Gasteiger charge is -2.33. The van der Waals surface area contributed by atoms with E-state index in [9.17, 15) is 32.7 Å². The molecule has 3 N–H and O–H groups in total. The minimum absolute atomic E-state index is 0.250. The number of aliphatic carboxylic acids is 1. The summed E-state index contributed by atoms with van der Waals surface area (Å²) in [6.45, 7) is 3.35. The zero-order valence-corrected chi connectivity index (χ0v) is 19.5. The molecule has 7 nitrogen and oxygen atoms in total. The van der Waals surface area contributed by atoms with Crippen molar-refractivity contribution in [2.75, 3.05) is 6.61 Å². The standard InChI is InChI=1S/C25H27F3N2O5/c1-4-14(2)20(21(31)32)29-22(33)24(3,25(26,27)28)30-23(34)35-13-19-17-11-7-5-9-15(17)16-10-6-8-12-18(16)19/h5-12,14,19-20H,4,13H2,1-3H3,(H,29,33)(H,30,34)(H,31,32)/t14?,20-,24?/m0/s1. The summed E-state index contributed by atoms with van der Waals surface area (Å²) < 4.78 is 46.9. The normalized spacial score (nSPS) is 16.3. The lowest BCUT2D eigenvalue weighted by Crippen LogP contribution is -2.67. The third kappa shape index (κ3) is 5.11. The second-order valence-electron chi connectivity index (χ2n) is 8.75. The Kier molecular flexibility index (Phi) is 7.42. The second kappa shape index (κ2) is 9.97. The summed E-state index contributed by atoms with van der Waals surface area (Å²) in [5, 5.41) is 12.9. The van der Waals surface area contributed by atoms with E-state index in [-0.39, 0.29) is 12.5 Å². The Balaban J connectivity index is 1.76. The Hall–Kier alpha value is -3.56. The van der Waals surface area contributed by atoms with E-state index >= 15 is 0 Å². The first kappa shape index (κ1) is 26.1. The Morgan fingerprint density at radius 2 is 1.54 bits per heavy atom. The van der Waals surface area contributed by atoms with Crippen LogP contribution in [0.25, 0.3) is 11.1 Å². The molecule has 1 aliphatic rings. The number of alkyl halides is 3. The average Bonchev–Trinajstić information content (AvgIpc) is 3.13. The summed E-state index contributed by atoms with van der Waals surface area (Å²) in [6, 6.07) is 13.3. The van der Waals surface area contributed by atoms with Gasteiger partial charge in [-0.3, -0.25) is 10.1 Å². The van der Waals surface area contributed by atoms with Gasteiger partial charge in [-0.05, 0) is 35.1 Å². The number of halogens is 3. The van der Waals surface area contributed by atoms with E-state index in [0.29, 0.717) is 13.3 Å². The smallest absolute Gasteiger partial charge is 0.420 e. The van der Waals surface area contributed by atoms with Gasteiger partial charge in [-0.25, -0.2) is 9.59 Å². The van der Waals surface area contributed by atoms with Crippen LogP contribution < -0.4 is 10.6 Å². The number of carbonyl (C=O) groups is 3. The molecule has 0 saturated heterocycles. The van der Waals surface area contributed by atoms with Crippen molar-refractivity contribution in [1.82, 2.24) is 10.6 Å². The van der Waals surface area contributed by atoms with Crippen LogP contribution in [-0.4, -0.2) is 47.4 Å². The van der Waals surface area contributed by atoms with Crippen molar-refractivity contribution in [2.45, 2.75) is 50.9 Å². The highest BCUT2D eigenvalue weighted by Crippen LogP contribution is 2.44. The molecule has 188 valence electrons. The van der Waals surface area contributed by atoms with Gasteiger partial charge in [0.15, 0.2) is 0 Å². The number of rotatable bonds is 8. The van der Waals surface area contributed by atoms with Crippen LogP contribution in [0.5, 0.6) is 0 Å². The Morgan fingerprint density at radius 3 is 2.00 bits per heavy atom. The van der Waals surface area contributed by atoms with Gasteiger partial charge < -0.3 is 15.2 Å². The lowest BCUT2D eigenvalue weighted by molar-refractivity contribution is -0.195. The zero-order chi connectivity index (χ0) is 26.0. The van der Waals surface area contributed by atoms with Gasteiger partial charge in [-0.15, -0.1) is 0 Å². The Morgan fingerprint density at radius 1 is 1.03 bits per heavy atom. The molecule has 10 heteroatoms. The Bertz CT molecular complexity index is 1070. The second-order valence-corrected chi connectivity index (χ2v) is 8.75. The minimum atomic E-state index is -5.22. The highest BCUT2D eigenvalue weighted by molar-refractivity contribution is 5.93. The number of carboxylic acid groups (broad SMARTS) is 1. The molecule has 3 atom stereocenters. The molecule has 35 heavy (non-hydrogen) atoms. The van der Waals surface area contributed by atoms with Crippen molar-refractivity contribution in [3.05, 3.63) is 59.7 Å². The third-order valence-corrected chi connectivity index (χ3v) is 6.48. The van der Waals surface area contributed by atoms with Crippen LogP contribution in [-0.2, 0) is 14.3 Å². The van der Waals surface area contributed by atoms with Crippen molar-refractivity contribution < 1.29 is 37.4 Å². The third-order valence-electron chi connectivity index (χ3n) is 6.48. The van der Waals surface area contributed by atoms with Gasteiger partial charge >= 0.3 is 18.2 Å². The van der Waals surface area contributed by atoms with Gasteiger partial charge in [-0.1, -0.05) is 68.8 Å². The zero-order valence-electron chi connectivity index (χ0n) is 19.5. The molecule has 1 aliphatic carbocycles. The maximum Gasteiger partial charge on any atom is 0.420 e. The van der Waals surface area contributed by atoms with E-state index in [0.717, 1.165) is 22.3 Å². The molecule has 2 unspecified atom stereocenters. The molecular formula is C25H27F3N2O5. The number of carbonyl (C=O) groups excluding carboxylic acids is 2. The number of hydrogen-bond acceptors (Lipinski definition) is 4. The van der Waals surface area contributed by atoms with E-state index in [1.165, 1.54) is 6.92 Å². The minimum Gasteiger partial charge on any atom is -0.480 e. The molecule has 2 amide bonds. The van der Waals surface area contributed by atoms with Gasteiger partial charge in [0.2, 0.25) is 5.54 Å². The average molecular weight is 492 g/mol. The summed E-state index contributed by atoms with van der Waals surface area (Å²) in [5.41, 5.74) is 0.227. The van der Waals surface area contributed by atoms with E-state index in [2.05, 4.69) is 0 Å². The molecule has 0 aliphatic heterocycles. The molecule has 0 bridgehead atoms. The molecular weight excluding hydrogens is 465 g/mol. The van der Waals surface area contributed by atoms with Crippen LogP contribution in [0.1, 0.15) is 44.2 Å². The summed E-state index contributed by atoms with van der Waals surface area (Å²) in [5.74, 6) is -4.19. The molecule has 0 aromatic heterocycles. The van der Waals surface area contributed by atoms with E-state index in [4.69, 9.17) is 4.74 Å². The van der Waals surface area contributed by atoms with Crippen LogP contribution in [0.4, 0.5) is 18.0 Å². The van der Waals surface area contributed by atoms with Crippen LogP contribution in [0, 0.1) is 5.92 Å².